The minimum Gasteiger partial charge on any atom is -0.359 e. The quantitative estimate of drug-likeness (QED) is 0.820. The summed E-state index contributed by atoms with van der Waals surface area (Å²) in [5, 5.41) is 16.0. The summed E-state index contributed by atoms with van der Waals surface area (Å²) in [6, 6.07) is 0. The number of hydrogen-bond acceptors (Lipinski definition) is 3. The zero-order valence-electron chi connectivity index (χ0n) is 12.4. The topological polar surface area (TPSA) is 59.7 Å². The molecule has 0 bridgehead atoms. The largest absolute Gasteiger partial charge is 0.359 e. The van der Waals surface area contributed by atoms with E-state index in [2.05, 4.69) is 27.8 Å². The maximum absolute atomic E-state index is 6.04. The first-order chi connectivity index (χ1) is 10.0. The molecule has 2 rings (SSSR count). The van der Waals surface area contributed by atoms with Gasteiger partial charge in [-0.3, -0.25) is 9.36 Å². The molecule has 0 aromatic carbocycles. The number of halogens is 1. The van der Waals surface area contributed by atoms with Gasteiger partial charge in [0.25, 0.3) is 0 Å². The van der Waals surface area contributed by atoms with Gasteiger partial charge in [-0.25, -0.2) is 0 Å². The molecule has 8 heteroatoms. The fourth-order valence-electron chi connectivity index (χ4n) is 1.93. The Bertz CT molecular complexity index is 613. The Morgan fingerprint density at radius 1 is 1.38 bits per heavy atom. The smallest absolute Gasteiger partial charge is 0.166 e. The first-order valence-electron chi connectivity index (χ1n) is 6.72. The van der Waals surface area contributed by atoms with Crippen molar-refractivity contribution in [2.45, 2.75) is 33.5 Å². The molecule has 2 aromatic heterocycles. The maximum Gasteiger partial charge on any atom is 0.166 e. The molecule has 0 radical (unpaired) electrons. The lowest BCUT2D eigenvalue weighted by atomic mass is 10.3. The third-order valence-electron chi connectivity index (χ3n) is 3.24. The van der Waals surface area contributed by atoms with Crippen LogP contribution in [-0.2, 0) is 26.7 Å². The van der Waals surface area contributed by atoms with Gasteiger partial charge in [0.05, 0.1) is 29.2 Å². The van der Waals surface area contributed by atoms with Crippen molar-refractivity contribution in [3.05, 3.63) is 34.4 Å². The van der Waals surface area contributed by atoms with E-state index in [0.717, 1.165) is 23.5 Å². The van der Waals surface area contributed by atoms with E-state index >= 15 is 0 Å². The molecular weight excluding hydrogens is 308 g/mol. The Kier molecular flexibility index (Phi) is 5.19. The highest BCUT2D eigenvalue weighted by Crippen LogP contribution is 2.13. The van der Waals surface area contributed by atoms with Gasteiger partial charge in [0.1, 0.15) is 0 Å². The van der Waals surface area contributed by atoms with Crippen LogP contribution >= 0.6 is 23.8 Å². The highest BCUT2D eigenvalue weighted by Gasteiger charge is 2.08. The molecule has 114 valence electrons. The predicted molar refractivity (Wildman–Crippen MR) is 87.1 cm³/mol. The van der Waals surface area contributed by atoms with Crippen molar-refractivity contribution < 1.29 is 0 Å². The normalized spacial score (nSPS) is 10.7. The summed E-state index contributed by atoms with van der Waals surface area (Å²) >= 11 is 11.3. The zero-order chi connectivity index (χ0) is 15.4. The van der Waals surface area contributed by atoms with Gasteiger partial charge in [-0.2, -0.15) is 10.2 Å². The molecule has 0 atom stereocenters. The number of nitrogens with zero attached hydrogens (tertiary/aromatic N) is 4. The number of aromatic nitrogens is 4. The molecule has 2 N–H and O–H groups in total. The van der Waals surface area contributed by atoms with Gasteiger partial charge in [0, 0.05) is 31.9 Å². The van der Waals surface area contributed by atoms with Gasteiger partial charge < -0.3 is 10.6 Å². The molecule has 2 aromatic rings. The van der Waals surface area contributed by atoms with Gasteiger partial charge >= 0.3 is 0 Å². The van der Waals surface area contributed by atoms with E-state index < -0.39 is 0 Å². The molecule has 0 fully saturated rings. The summed E-state index contributed by atoms with van der Waals surface area (Å²) in [6.45, 7) is 6.11. The number of nitrogens with one attached hydrogen (secondary N) is 2. The summed E-state index contributed by atoms with van der Waals surface area (Å²) in [4.78, 5) is 0. The lowest BCUT2D eigenvalue weighted by Crippen LogP contribution is -2.34. The molecule has 21 heavy (non-hydrogen) atoms. The fraction of sp³-hybridized carbons (Fsp3) is 0.462. The zero-order valence-corrected chi connectivity index (χ0v) is 13.9. The van der Waals surface area contributed by atoms with Crippen molar-refractivity contribution in [3.8, 4) is 0 Å². The standard InChI is InChI=1S/C13H19ClN6S/c1-4-20-8-10(9(2)18-20)5-15-13(21)16-7-12-11(14)6-17-19(12)3/h6,8H,4-5,7H2,1-3H3,(H2,15,16,21). The molecule has 0 amide bonds. The summed E-state index contributed by atoms with van der Waals surface area (Å²) in [5.41, 5.74) is 3.05. The van der Waals surface area contributed by atoms with Crippen molar-refractivity contribution >= 4 is 28.9 Å². The summed E-state index contributed by atoms with van der Waals surface area (Å²) in [7, 11) is 1.85. The summed E-state index contributed by atoms with van der Waals surface area (Å²) in [5.74, 6) is 0. The first kappa shape index (κ1) is 15.8. The Morgan fingerprint density at radius 2 is 2.10 bits per heavy atom. The van der Waals surface area contributed by atoms with Crippen LogP contribution in [0.1, 0.15) is 23.9 Å². The molecule has 0 saturated carbocycles. The number of rotatable bonds is 5. The van der Waals surface area contributed by atoms with E-state index in [1.807, 2.05) is 24.9 Å². The van der Waals surface area contributed by atoms with Crippen LogP contribution in [0.25, 0.3) is 0 Å². The minimum absolute atomic E-state index is 0.536. The van der Waals surface area contributed by atoms with Crippen LogP contribution in [0.2, 0.25) is 5.02 Å². The van der Waals surface area contributed by atoms with Crippen LogP contribution in [0.3, 0.4) is 0 Å². The van der Waals surface area contributed by atoms with E-state index in [9.17, 15) is 0 Å². The second kappa shape index (κ2) is 6.91. The van der Waals surface area contributed by atoms with Crippen LogP contribution in [0.4, 0.5) is 0 Å². The van der Waals surface area contributed by atoms with Gasteiger partial charge in [-0.05, 0) is 26.1 Å². The second-order valence-electron chi connectivity index (χ2n) is 4.69. The molecule has 0 unspecified atom stereocenters. The van der Waals surface area contributed by atoms with Gasteiger partial charge in [0.2, 0.25) is 0 Å². The van der Waals surface area contributed by atoms with Crippen LogP contribution in [-0.4, -0.2) is 24.7 Å². The molecule has 2 heterocycles. The van der Waals surface area contributed by atoms with Crippen LogP contribution < -0.4 is 10.6 Å². The molecule has 0 aliphatic rings. The highest BCUT2D eigenvalue weighted by atomic mass is 35.5. The summed E-state index contributed by atoms with van der Waals surface area (Å²) < 4.78 is 3.64. The van der Waals surface area contributed by atoms with E-state index in [4.69, 9.17) is 23.8 Å². The Balaban J connectivity index is 1.83. The van der Waals surface area contributed by atoms with Crippen molar-refractivity contribution in [2.75, 3.05) is 0 Å². The Labute approximate surface area is 134 Å². The van der Waals surface area contributed by atoms with Crippen LogP contribution in [0.15, 0.2) is 12.4 Å². The lowest BCUT2D eigenvalue weighted by molar-refractivity contribution is 0.653. The molecule has 6 nitrogen and oxygen atoms in total. The van der Waals surface area contributed by atoms with E-state index in [-0.39, 0.29) is 0 Å². The van der Waals surface area contributed by atoms with E-state index in [1.165, 1.54) is 0 Å². The monoisotopic (exact) mass is 326 g/mol. The third kappa shape index (κ3) is 3.95. The average molecular weight is 327 g/mol. The van der Waals surface area contributed by atoms with Crippen molar-refractivity contribution in [1.82, 2.24) is 30.2 Å². The summed E-state index contributed by atoms with van der Waals surface area (Å²) in [6.07, 6.45) is 3.65. The average Bonchev–Trinajstić information content (AvgIpc) is 2.98. The SMILES string of the molecule is CCn1cc(CNC(=S)NCc2c(Cl)cnn2C)c(C)n1. The van der Waals surface area contributed by atoms with Crippen molar-refractivity contribution in [3.63, 3.8) is 0 Å². The van der Waals surface area contributed by atoms with Crippen LogP contribution in [0.5, 0.6) is 0 Å². The minimum atomic E-state index is 0.536. The predicted octanol–water partition coefficient (Wildman–Crippen LogP) is 1.76. The Hall–Kier alpha value is -1.60. The second-order valence-corrected chi connectivity index (χ2v) is 5.51. The molecular formula is C13H19ClN6S. The first-order valence-corrected chi connectivity index (χ1v) is 7.51. The lowest BCUT2D eigenvalue weighted by Gasteiger charge is -2.10. The van der Waals surface area contributed by atoms with Gasteiger partial charge in [-0.1, -0.05) is 11.6 Å². The van der Waals surface area contributed by atoms with Crippen molar-refractivity contribution in [1.29, 1.82) is 0 Å². The number of thiocarbonyl (C=S) groups is 1. The van der Waals surface area contributed by atoms with Crippen LogP contribution in [0, 0.1) is 6.92 Å². The van der Waals surface area contributed by atoms with Gasteiger partial charge in [-0.15, -0.1) is 0 Å². The van der Waals surface area contributed by atoms with E-state index in [0.29, 0.717) is 23.2 Å². The fourth-order valence-corrected chi connectivity index (χ4v) is 2.31. The van der Waals surface area contributed by atoms with Crippen molar-refractivity contribution in [2.24, 2.45) is 7.05 Å². The van der Waals surface area contributed by atoms with E-state index in [1.54, 1.807) is 10.9 Å². The molecule has 0 aliphatic carbocycles. The Morgan fingerprint density at radius 3 is 2.67 bits per heavy atom. The van der Waals surface area contributed by atoms with Gasteiger partial charge in [0.15, 0.2) is 5.11 Å². The molecule has 0 aliphatic heterocycles. The maximum atomic E-state index is 6.04. The molecule has 0 saturated heterocycles. The number of hydrogen-bond donors (Lipinski definition) is 2. The number of aryl methyl sites for hydroxylation is 3. The molecule has 0 spiro atoms. The third-order valence-corrected chi connectivity index (χ3v) is 3.84. The highest BCUT2D eigenvalue weighted by molar-refractivity contribution is 7.80.